The maximum atomic E-state index is 12.5. The molecular weight excluding hydrogens is 169 g/mol. The molecule has 3 heteroatoms. The van der Waals surface area contributed by atoms with Crippen LogP contribution < -0.4 is 5.73 Å². The van der Waals surface area contributed by atoms with E-state index in [1.54, 1.807) is 24.3 Å². The van der Waals surface area contributed by atoms with E-state index in [2.05, 4.69) is 0 Å². The summed E-state index contributed by atoms with van der Waals surface area (Å²) in [6, 6.07) is 6.01. The zero-order valence-corrected chi connectivity index (χ0v) is 7.15. The summed E-state index contributed by atoms with van der Waals surface area (Å²) in [4.78, 5) is 0. The fourth-order valence-electron chi connectivity index (χ4n) is 0.875. The van der Waals surface area contributed by atoms with Gasteiger partial charge in [-0.1, -0.05) is 24.3 Å². The number of aliphatic hydroxyl groups excluding tert-OH is 1. The van der Waals surface area contributed by atoms with Crippen LogP contribution in [-0.4, -0.2) is 17.8 Å². The zero-order valence-electron chi connectivity index (χ0n) is 7.15. The van der Waals surface area contributed by atoms with E-state index in [1.165, 1.54) is 12.1 Å². The molecule has 0 radical (unpaired) electrons. The molecule has 0 aliphatic heterocycles. The van der Waals surface area contributed by atoms with Gasteiger partial charge in [-0.3, -0.25) is 0 Å². The fraction of sp³-hybridized carbons (Fsp3) is 0.200. The predicted molar refractivity (Wildman–Crippen MR) is 50.5 cm³/mol. The highest BCUT2D eigenvalue weighted by molar-refractivity contribution is 5.49. The molecule has 0 heterocycles. The topological polar surface area (TPSA) is 46.2 Å². The molecule has 0 saturated heterocycles. The highest BCUT2D eigenvalue weighted by Gasteiger charge is 1.93. The highest BCUT2D eigenvalue weighted by Crippen LogP contribution is 2.04. The van der Waals surface area contributed by atoms with E-state index in [4.69, 9.17) is 10.8 Å². The summed E-state index contributed by atoms with van der Waals surface area (Å²) in [5, 5.41) is 9.09. The monoisotopic (exact) mass is 181 g/mol. The van der Waals surface area contributed by atoms with E-state index < -0.39 is 6.10 Å². The molecule has 0 aliphatic carbocycles. The minimum atomic E-state index is -0.634. The van der Waals surface area contributed by atoms with Crippen molar-refractivity contribution in [3.63, 3.8) is 0 Å². The Morgan fingerprint density at radius 1 is 1.38 bits per heavy atom. The molecule has 0 bridgehead atoms. The molecule has 0 amide bonds. The molecule has 1 atom stereocenters. The van der Waals surface area contributed by atoms with Gasteiger partial charge < -0.3 is 10.8 Å². The summed E-state index contributed by atoms with van der Waals surface area (Å²) in [6.45, 7) is 0.192. The molecule has 3 N–H and O–H groups in total. The van der Waals surface area contributed by atoms with Crippen molar-refractivity contribution in [2.75, 3.05) is 6.54 Å². The van der Waals surface area contributed by atoms with Gasteiger partial charge in [0.05, 0.1) is 6.10 Å². The van der Waals surface area contributed by atoms with Gasteiger partial charge >= 0.3 is 0 Å². The first-order valence-corrected chi connectivity index (χ1v) is 4.04. The summed E-state index contributed by atoms with van der Waals surface area (Å²) in [7, 11) is 0. The van der Waals surface area contributed by atoms with Crippen LogP contribution in [0.1, 0.15) is 5.56 Å². The standard InChI is InChI=1S/C10H12FNO/c11-9-4-1-8(2-5-9)3-6-10(13)7-12/h1-6,10,13H,7,12H2/b6-3+/t10-/m0/s1. The van der Waals surface area contributed by atoms with Crippen LogP contribution in [0.5, 0.6) is 0 Å². The van der Waals surface area contributed by atoms with E-state index in [-0.39, 0.29) is 12.4 Å². The number of nitrogens with two attached hydrogens (primary N) is 1. The van der Waals surface area contributed by atoms with E-state index >= 15 is 0 Å². The lowest BCUT2D eigenvalue weighted by molar-refractivity contribution is 0.232. The maximum Gasteiger partial charge on any atom is 0.123 e. The largest absolute Gasteiger partial charge is 0.388 e. The first kappa shape index (κ1) is 9.89. The van der Waals surface area contributed by atoms with E-state index in [1.807, 2.05) is 0 Å². The van der Waals surface area contributed by atoms with Crippen molar-refractivity contribution in [1.29, 1.82) is 0 Å². The lowest BCUT2D eigenvalue weighted by Gasteiger charge is -1.98. The summed E-state index contributed by atoms with van der Waals surface area (Å²) in [6.07, 6.45) is 2.65. The minimum absolute atomic E-state index is 0.192. The van der Waals surface area contributed by atoms with Gasteiger partial charge in [-0.05, 0) is 17.7 Å². The lowest BCUT2D eigenvalue weighted by atomic mass is 10.2. The van der Waals surface area contributed by atoms with Crippen molar-refractivity contribution in [2.24, 2.45) is 5.73 Å². The molecule has 0 spiro atoms. The van der Waals surface area contributed by atoms with Crippen LogP contribution in [0, 0.1) is 5.82 Å². The van der Waals surface area contributed by atoms with Crippen LogP contribution in [0.25, 0.3) is 6.08 Å². The van der Waals surface area contributed by atoms with Crippen LogP contribution in [0.2, 0.25) is 0 Å². The van der Waals surface area contributed by atoms with Gasteiger partial charge in [0.15, 0.2) is 0 Å². The second-order valence-corrected chi connectivity index (χ2v) is 2.71. The van der Waals surface area contributed by atoms with E-state index in [0.717, 1.165) is 5.56 Å². The molecule has 13 heavy (non-hydrogen) atoms. The Kier molecular flexibility index (Phi) is 3.61. The Labute approximate surface area is 76.5 Å². The molecule has 2 nitrogen and oxygen atoms in total. The number of benzene rings is 1. The van der Waals surface area contributed by atoms with Crippen LogP contribution in [-0.2, 0) is 0 Å². The molecule has 0 aromatic heterocycles. The summed E-state index contributed by atoms with van der Waals surface area (Å²) >= 11 is 0. The molecule has 0 aliphatic rings. The third-order valence-corrected chi connectivity index (χ3v) is 1.62. The SMILES string of the molecule is NC[C@@H](O)/C=C/c1ccc(F)cc1. The summed E-state index contributed by atoms with van der Waals surface area (Å²) in [5.74, 6) is -0.267. The summed E-state index contributed by atoms with van der Waals surface area (Å²) < 4.78 is 12.5. The van der Waals surface area contributed by atoms with Gasteiger partial charge in [0, 0.05) is 6.54 Å². The van der Waals surface area contributed by atoms with E-state index in [9.17, 15) is 4.39 Å². The third-order valence-electron chi connectivity index (χ3n) is 1.62. The number of rotatable bonds is 3. The minimum Gasteiger partial charge on any atom is -0.388 e. The van der Waals surface area contributed by atoms with Gasteiger partial charge in [0.2, 0.25) is 0 Å². The number of hydrogen-bond donors (Lipinski definition) is 2. The van der Waals surface area contributed by atoms with Crippen molar-refractivity contribution in [3.05, 3.63) is 41.7 Å². The third kappa shape index (κ3) is 3.36. The number of aliphatic hydroxyl groups is 1. The average molecular weight is 181 g/mol. The Hall–Kier alpha value is -1.19. The molecule has 0 fully saturated rings. The van der Waals surface area contributed by atoms with Crippen LogP contribution in [0.4, 0.5) is 4.39 Å². The molecule has 70 valence electrons. The smallest absolute Gasteiger partial charge is 0.123 e. The molecule has 1 aromatic rings. The Morgan fingerprint density at radius 3 is 2.54 bits per heavy atom. The van der Waals surface area contributed by atoms with Crippen LogP contribution in [0.3, 0.4) is 0 Å². The lowest BCUT2D eigenvalue weighted by Crippen LogP contribution is -2.16. The number of hydrogen-bond acceptors (Lipinski definition) is 2. The number of halogens is 1. The van der Waals surface area contributed by atoms with Crippen LogP contribution >= 0.6 is 0 Å². The Balaban J connectivity index is 2.64. The van der Waals surface area contributed by atoms with Gasteiger partial charge in [0.1, 0.15) is 5.82 Å². The second-order valence-electron chi connectivity index (χ2n) is 2.71. The first-order valence-electron chi connectivity index (χ1n) is 4.04. The van der Waals surface area contributed by atoms with Gasteiger partial charge in [-0.25, -0.2) is 4.39 Å². The van der Waals surface area contributed by atoms with Crippen molar-refractivity contribution in [2.45, 2.75) is 6.10 Å². The molecular formula is C10H12FNO. The summed E-state index contributed by atoms with van der Waals surface area (Å²) in [5.41, 5.74) is 6.04. The van der Waals surface area contributed by atoms with Crippen molar-refractivity contribution in [3.8, 4) is 0 Å². The quantitative estimate of drug-likeness (QED) is 0.735. The second kappa shape index (κ2) is 4.74. The van der Waals surface area contributed by atoms with Gasteiger partial charge in [-0.15, -0.1) is 0 Å². The first-order chi connectivity index (χ1) is 6.22. The molecule has 0 saturated carbocycles. The van der Waals surface area contributed by atoms with Gasteiger partial charge in [-0.2, -0.15) is 0 Å². The van der Waals surface area contributed by atoms with E-state index in [0.29, 0.717) is 0 Å². The molecule has 1 aromatic carbocycles. The maximum absolute atomic E-state index is 12.5. The Morgan fingerprint density at radius 2 is 2.00 bits per heavy atom. The molecule has 1 rings (SSSR count). The normalized spacial score (nSPS) is 13.5. The van der Waals surface area contributed by atoms with Crippen LogP contribution in [0.15, 0.2) is 30.3 Å². The van der Waals surface area contributed by atoms with Gasteiger partial charge in [0.25, 0.3) is 0 Å². The van der Waals surface area contributed by atoms with Crippen molar-refractivity contribution >= 4 is 6.08 Å². The van der Waals surface area contributed by atoms with Crippen molar-refractivity contribution < 1.29 is 9.50 Å². The molecule has 0 unspecified atom stereocenters. The Bertz CT molecular complexity index is 281. The van der Waals surface area contributed by atoms with Crippen molar-refractivity contribution in [1.82, 2.24) is 0 Å². The average Bonchev–Trinajstić information content (AvgIpc) is 2.16. The highest BCUT2D eigenvalue weighted by atomic mass is 19.1. The predicted octanol–water partition coefficient (Wildman–Crippen LogP) is 1.16. The fourth-order valence-corrected chi connectivity index (χ4v) is 0.875. The zero-order chi connectivity index (χ0) is 9.68.